The molecule has 44 heavy (non-hydrogen) atoms. The largest absolute Gasteiger partial charge is 0.478 e. The minimum atomic E-state index is -4.97. The van der Waals surface area contributed by atoms with Gasteiger partial charge in [-0.2, -0.15) is 26.3 Å². The van der Waals surface area contributed by atoms with Gasteiger partial charge in [0, 0.05) is 50.5 Å². The van der Waals surface area contributed by atoms with Crippen LogP contribution in [0.25, 0.3) is 0 Å². The monoisotopic (exact) mass is 631 g/mol. The smallest absolute Gasteiger partial charge is 0.416 e. The SMILES string of the molecule is C[C@H]1CN([C@@H]2CC[C@](C)(C(=O)N3CCc4c(cc(C(F)(F)F)cc4C(F)(F)F)C3)OC2)CCN1c1ccc(F)c(C(=O)O)c1. The maximum atomic E-state index is 13.9. The number of benzene rings is 2. The predicted octanol–water partition coefficient (Wildman–Crippen LogP) is 5.59. The van der Waals surface area contributed by atoms with Crippen LogP contribution < -0.4 is 4.90 Å². The van der Waals surface area contributed by atoms with Crippen LogP contribution >= 0.6 is 0 Å². The Labute approximate surface area is 249 Å². The van der Waals surface area contributed by atoms with Gasteiger partial charge < -0.3 is 19.6 Å². The number of halogens is 7. The van der Waals surface area contributed by atoms with Crippen LogP contribution in [0.15, 0.2) is 30.3 Å². The van der Waals surface area contributed by atoms with Crippen LogP contribution in [0.1, 0.15) is 59.3 Å². The Morgan fingerprint density at radius 1 is 1.02 bits per heavy atom. The van der Waals surface area contributed by atoms with Crippen LogP contribution in [0.4, 0.5) is 36.4 Å². The van der Waals surface area contributed by atoms with Crippen molar-refractivity contribution in [2.24, 2.45) is 0 Å². The Kier molecular flexibility index (Phi) is 8.38. The van der Waals surface area contributed by atoms with E-state index in [1.165, 1.54) is 11.0 Å². The minimum absolute atomic E-state index is 0.0333. The lowest BCUT2D eigenvalue weighted by molar-refractivity contribution is -0.168. The Morgan fingerprint density at radius 3 is 2.34 bits per heavy atom. The maximum Gasteiger partial charge on any atom is 0.416 e. The zero-order valence-electron chi connectivity index (χ0n) is 24.1. The van der Waals surface area contributed by atoms with Crippen molar-refractivity contribution < 1.29 is 50.2 Å². The predicted molar refractivity (Wildman–Crippen MR) is 145 cm³/mol. The summed E-state index contributed by atoms with van der Waals surface area (Å²) in [5.41, 5.74) is -4.21. The molecule has 0 saturated carbocycles. The van der Waals surface area contributed by atoms with Crippen LogP contribution in [0.2, 0.25) is 0 Å². The fourth-order valence-corrected chi connectivity index (χ4v) is 6.52. The average molecular weight is 632 g/mol. The lowest BCUT2D eigenvalue weighted by Gasteiger charge is -2.48. The molecule has 0 spiro atoms. The van der Waals surface area contributed by atoms with Gasteiger partial charge >= 0.3 is 18.3 Å². The first-order valence-corrected chi connectivity index (χ1v) is 14.2. The number of ether oxygens (including phenoxy) is 1. The number of anilines is 1. The van der Waals surface area contributed by atoms with Gasteiger partial charge in [0.2, 0.25) is 0 Å². The molecular formula is C30H32F7N3O4. The zero-order chi connectivity index (χ0) is 32.2. The molecule has 2 aromatic carbocycles. The van der Waals surface area contributed by atoms with Gasteiger partial charge in [0.1, 0.15) is 11.4 Å². The highest BCUT2D eigenvalue weighted by molar-refractivity contribution is 5.89. The van der Waals surface area contributed by atoms with Crippen molar-refractivity contribution in [1.82, 2.24) is 9.80 Å². The molecule has 1 N–H and O–H groups in total. The van der Waals surface area contributed by atoms with Gasteiger partial charge in [0.25, 0.3) is 5.91 Å². The number of hydrogen-bond donors (Lipinski definition) is 1. The lowest BCUT2D eigenvalue weighted by Crippen LogP contribution is -2.59. The number of carboxylic acids is 1. The van der Waals surface area contributed by atoms with Gasteiger partial charge in [0.15, 0.2) is 0 Å². The number of nitrogens with zero attached hydrogens (tertiary/aromatic N) is 3. The Morgan fingerprint density at radius 2 is 1.75 bits per heavy atom. The molecule has 3 aliphatic rings. The fourth-order valence-electron chi connectivity index (χ4n) is 6.52. The third-order valence-corrected chi connectivity index (χ3v) is 8.94. The van der Waals surface area contributed by atoms with E-state index in [0.717, 1.165) is 6.07 Å². The first-order chi connectivity index (χ1) is 20.5. The topological polar surface area (TPSA) is 73.3 Å². The van der Waals surface area contributed by atoms with E-state index in [2.05, 4.69) is 4.90 Å². The first kappa shape index (κ1) is 32.0. The third-order valence-electron chi connectivity index (χ3n) is 8.94. The minimum Gasteiger partial charge on any atom is -0.478 e. The standard InChI is InChI=1S/C30H32F7N3O4/c1-17-14-38(9-10-40(17)20-3-4-25(31)23(13-20)26(41)42)21-5-7-28(2,44-16-21)27(43)39-8-6-22-18(15-39)11-19(29(32,33)34)12-24(22)30(35,36)37/h3-4,11-13,17,21H,5-10,14-16H2,1-2H3,(H,41,42)/t17-,21+,28+/m0/s1. The average Bonchev–Trinajstić information content (AvgIpc) is 2.95. The highest BCUT2D eigenvalue weighted by atomic mass is 19.4. The molecule has 240 valence electrons. The Balaban J connectivity index is 1.23. The molecule has 5 rings (SSSR count). The molecule has 2 fully saturated rings. The molecule has 7 nitrogen and oxygen atoms in total. The van der Waals surface area contributed by atoms with Gasteiger partial charge in [-0.1, -0.05) is 0 Å². The summed E-state index contributed by atoms with van der Waals surface area (Å²) in [7, 11) is 0. The van der Waals surface area contributed by atoms with Gasteiger partial charge in [0.05, 0.1) is 23.3 Å². The van der Waals surface area contributed by atoms with Crippen LogP contribution in [0.5, 0.6) is 0 Å². The molecular weight excluding hydrogens is 599 g/mol. The van der Waals surface area contributed by atoms with E-state index in [-0.39, 0.29) is 55.4 Å². The number of piperazine rings is 1. The van der Waals surface area contributed by atoms with Crippen molar-refractivity contribution in [3.05, 3.63) is 64.0 Å². The Hall–Kier alpha value is -3.39. The molecule has 1 amide bonds. The molecule has 2 aromatic rings. The number of hydrogen-bond acceptors (Lipinski definition) is 5. The van der Waals surface area contributed by atoms with Crippen molar-refractivity contribution in [3.63, 3.8) is 0 Å². The molecule has 0 aliphatic carbocycles. The van der Waals surface area contributed by atoms with Gasteiger partial charge in [-0.25, -0.2) is 9.18 Å². The Bertz CT molecular complexity index is 1440. The van der Waals surface area contributed by atoms with E-state index in [1.807, 2.05) is 11.8 Å². The number of amides is 1. The van der Waals surface area contributed by atoms with E-state index in [0.29, 0.717) is 44.2 Å². The second-order valence-electron chi connectivity index (χ2n) is 11.9. The van der Waals surface area contributed by atoms with Crippen LogP contribution in [0.3, 0.4) is 0 Å². The summed E-state index contributed by atoms with van der Waals surface area (Å²) >= 11 is 0. The summed E-state index contributed by atoms with van der Waals surface area (Å²) in [6.07, 6.45) is -9.27. The molecule has 0 aromatic heterocycles. The van der Waals surface area contributed by atoms with Crippen LogP contribution in [-0.4, -0.2) is 77.3 Å². The van der Waals surface area contributed by atoms with Crippen molar-refractivity contribution in [2.45, 2.75) is 69.7 Å². The van der Waals surface area contributed by atoms with E-state index >= 15 is 0 Å². The normalized spacial score (nSPS) is 25.1. The summed E-state index contributed by atoms with van der Waals surface area (Å²) in [5, 5.41) is 9.27. The maximum absolute atomic E-state index is 13.9. The molecule has 14 heteroatoms. The van der Waals surface area contributed by atoms with E-state index in [9.17, 15) is 45.4 Å². The summed E-state index contributed by atoms with van der Waals surface area (Å²) in [5.74, 6) is -2.63. The second kappa shape index (κ2) is 11.5. The van der Waals surface area contributed by atoms with Crippen molar-refractivity contribution in [3.8, 4) is 0 Å². The first-order valence-electron chi connectivity index (χ1n) is 14.2. The lowest BCUT2D eigenvalue weighted by atomic mass is 9.88. The highest BCUT2D eigenvalue weighted by Crippen LogP contribution is 2.41. The number of carboxylic acid groups (broad SMARTS) is 1. The van der Waals surface area contributed by atoms with E-state index in [4.69, 9.17) is 4.74 Å². The van der Waals surface area contributed by atoms with Crippen LogP contribution in [-0.2, 0) is 34.8 Å². The third kappa shape index (κ3) is 6.23. The summed E-state index contributed by atoms with van der Waals surface area (Å²) in [4.78, 5) is 30.4. The van der Waals surface area contributed by atoms with Gasteiger partial charge in [-0.05, 0) is 74.6 Å². The van der Waals surface area contributed by atoms with Gasteiger partial charge in [-0.15, -0.1) is 0 Å². The number of alkyl halides is 6. The van der Waals surface area contributed by atoms with Crippen LogP contribution in [0, 0.1) is 5.82 Å². The molecule has 0 unspecified atom stereocenters. The van der Waals surface area contributed by atoms with E-state index in [1.54, 1.807) is 13.0 Å². The van der Waals surface area contributed by atoms with Gasteiger partial charge in [-0.3, -0.25) is 9.69 Å². The number of carbonyl (C=O) groups excluding carboxylic acids is 1. The zero-order valence-corrected chi connectivity index (χ0v) is 24.1. The second-order valence-corrected chi connectivity index (χ2v) is 11.9. The number of carbonyl (C=O) groups is 2. The fraction of sp³-hybridized carbons (Fsp3) is 0.533. The quantitative estimate of drug-likeness (QED) is 0.444. The number of fused-ring (bicyclic) bond motifs is 1. The summed E-state index contributed by atoms with van der Waals surface area (Å²) < 4.78 is 101. The van der Waals surface area contributed by atoms with Crippen molar-refractivity contribution >= 4 is 17.6 Å². The highest BCUT2D eigenvalue weighted by Gasteiger charge is 2.45. The molecule has 3 atom stereocenters. The summed E-state index contributed by atoms with van der Waals surface area (Å²) in [6, 6.07) is 4.75. The van der Waals surface area contributed by atoms with Crippen molar-refractivity contribution in [2.75, 3.05) is 37.7 Å². The van der Waals surface area contributed by atoms with Crippen molar-refractivity contribution in [1.29, 1.82) is 0 Å². The number of rotatable bonds is 4. The molecule has 3 heterocycles. The molecule has 2 saturated heterocycles. The molecule has 0 bridgehead atoms. The van der Waals surface area contributed by atoms with E-state index < -0.39 is 52.3 Å². The molecule has 3 aliphatic heterocycles. The summed E-state index contributed by atoms with van der Waals surface area (Å²) in [6.45, 7) is 5.07. The number of aromatic carboxylic acids is 1. The molecule has 0 radical (unpaired) electrons.